The van der Waals surface area contributed by atoms with Crippen LogP contribution in [0.4, 0.5) is 0 Å². The summed E-state index contributed by atoms with van der Waals surface area (Å²) in [4.78, 5) is 113. The number of aliphatic hydroxyl groups is 1. The highest BCUT2D eigenvalue weighted by molar-refractivity contribution is 8.76. The summed E-state index contributed by atoms with van der Waals surface area (Å²) in [6, 6.07) is 21.6. The highest BCUT2D eigenvalue weighted by Gasteiger charge is 2.36. The van der Waals surface area contributed by atoms with Crippen LogP contribution in [0.3, 0.4) is 0 Å². The molecule has 0 aromatic heterocycles. The number of unbranched alkanes of at least 4 members (excludes halogenated alkanes) is 1. The molecule has 1 aliphatic rings. The Hall–Kier alpha value is -7.24. The minimum Gasteiger partial charge on any atom is -0.508 e. The van der Waals surface area contributed by atoms with Crippen LogP contribution in [-0.4, -0.2) is 130 Å². The van der Waals surface area contributed by atoms with Crippen LogP contribution in [-0.2, 0) is 57.6 Å². The maximum atomic E-state index is 14.9. The Balaban J connectivity index is 1.40. The van der Waals surface area contributed by atoms with Crippen molar-refractivity contribution in [2.75, 3.05) is 18.1 Å². The van der Waals surface area contributed by atoms with Gasteiger partial charge < -0.3 is 64.6 Å². The lowest BCUT2D eigenvalue weighted by atomic mass is 9.99. The van der Waals surface area contributed by atoms with E-state index in [1.165, 1.54) is 19.1 Å². The van der Waals surface area contributed by atoms with E-state index in [1.54, 1.807) is 26.0 Å². The van der Waals surface area contributed by atoms with Gasteiger partial charge in [0.25, 0.3) is 0 Å². The van der Waals surface area contributed by atoms with Crippen molar-refractivity contribution in [1.29, 1.82) is 0 Å². The molecule has 1 heterocycles. The highest BCUT2D eigenvalue weighted by atomic mass is 33.1. The number of phenols is 1. The number of amides is 8. The van der Waals surface area contributed by atoms with E-state index < -0.39 is 108 Å². The Morgan fingerprint density at radius 3 is 1.76 bits per heavy atom. The molecule has 8 amide bonds. The van der Waals surface area contributed by atoms with E-state index in [9.17, 15) is 48.6 Å². The average Bonchev–Trinajstić information content (AvgIpc) is 3.41. The van der Waals surface area contributed by atoms with E-state index in [4.69, 9.17) is 17.2 Å². The molecule has 1 fully saturated rings. The number of rotatable bonds is 17. The van der Waals surface area contributed by atoms with Crippen LogP contribution in [0, 0.1) is 5.92 Å². The first-order chi connectivity index (χ1) is 37.3. The summed E-state index contributed by atoms with van der Waals surface area (Å²) in [5, 5.41) is 43.2. The molecule has 416 valence electrons. The van der Waals surface area contributed by atoms with Crippen LogP contribution in [0.25, 0.3) is 21.5 Å². The van der Waals surface area contributed by atoms with Gasteiger partial charge in [-0.2, -0.15) is 0 Å². The van der Waals surface area contributed by atoms with Gasteiger partial charge in [-0.05, 0) is 95.4 Å². The highest BCUT2D eigenvalue weighted by Crippen LogP contribution is 2.25. The number of phenolic OH excluding ortho intramolecular Hbond substituents is 1. The molecule has 20 nitrogen and oxygen atoms in total. The Kier molecular flexibility index (Phi) is 22.3. The summed E-state index contributed by atoms with van der Waals surface area (Å²) in [6.07, 6.45) is -0.622. The first kappa shape index (κ1) is 60.0. The number of carbonyl (C=O) groups is 8. The third-order valence-electron chi connectivity index (χ3n) is 13.2. The van der Waals surface area contributed by atoms with Gasteiger partial charge in [0.05, 0.1) is 12.1 Å². The second kappa shape index (κ2) is 28.9. The van der Waals surface area contributed by atoms with Crippen molar-refractivity contribution in [3.63, 3.8) is 0 Å². The van der Waals surface area contributed by atoms with E-state index in [2.05, 4.69) is 37.2 Å². The summed E-state index contributed by atoms with van der Waals surface area (Å²) in [7, 11) is 2.03. The van der Waals surface area contributed by atoms with Crippen molar-refractivity contribution in [3.05, 3.63) is 126 Å². The number of carbonyl (C=O) groups excluding carboxylic acids is 8. The number of nitrogens with two attached hydrogens (primary N) is 3. The van der Waals surface area contributed by atoms with Crippen molar-refractivity contribution < 1.29 is 48.6 Å². The molecule has 5 aromatic carbocycles. The molecule has 1 saturated heterocycles. The molecule has 1 aliphatic heterocycles. The topological polar surface area (TPSA) is 339 Å². The average molecular weight is 1110 g/mol. The number of aromatic hydroxyl groups is 1. The fourth-order valence-electron chi connectivity index (χ4n) is 8.79. The minimum absolute atomic E-state index is 0.0485. The molecule has 5 aromatic rings. The molecule has 0 radical (unpaired) electrons. The van der Waals surface area contributed by atoms with Crippen LogP contribution < -0.4 is 54.4 Å². The van der Waals surface area contributed by atoms with E-state index in [0.29, 0.717) is 24.0 Å². The summed E-state index contributed by atoms with van der Waals surface area (Å²) in [5.74, 6) is -7.64. The third-order valence-corrected chi connectivity index (χ3v) is 15.7. The van der Waals surface area contributed by atoms with E-state index >= 15 is 0 Å². The quantitative estimate of drug-likeness (QED) is 0.0464. The van der Waals surface area contributed by atoms with Gasteiger partial charge in [-0.1, -0.05) is 132 Å². The Bertz CT molecular complexity index is 2930. The van der Waals surface area contributed by atoms with Gasteiger partial charge in [0, 0.05) is 24.3 Å². The lowest BCUT2D eigenvalue weighted by molar-refractivity contribution is -0.136. The van der Waals surface area contributed by atoms with E-state index in [0.717, 1.165) is 48.7 Å². The van der Waals surface area contributed by atoms with Crippen molar-refractivity contribution >= 4 is 90.4 Å². The zero-order chi connectivity index (χ0) is 56.5. The molecule has 0 saturated carbocycles. The molecule has 1 unspecified atom stereocenters. The van der Waals surface area contributed by atoms with Crippen molar-refractivity contribution in [3.8, 4) is 5.75 Å². The van der Waals surface area contributed by atoms with Crippen LogP contribution >= 0.6 is 21.6 Å². The fourth-order valence-corrected chi connectivity index (χ4v) is 11.1. The van der Waals surface area contributed by atoms with E-state index in [-0.39, 0.29) is 49.5 Å². The van der Waals surface area contributed by atoms with Gasteiger partial charge in [-0.25, -0.2) is 0 Å². The molecular weight excluding hydrogens is 1040 g/mol. The molecule has 9 atom stereocenters. The predicted molar refractivity (Wildman–Crippen MR) is 302 cm³/mol. The molecule has 78 heavy (non-hydrogen) atoms. The maximum Gasteiger partial charge on any atom is 0.244 e. The lowest BCUT2D eigenvalue weighted by Gasteiger charge is -2.29. The Morgan fingerprint density at radius 2 is 1.17 bits per heavy atom. The predicted octanol–water partition coefficient (Wildman–Crippen LogP) is 1.49. The summed E-state index contributed by atoms with van der Waals surface area (Å²) < 4.78 is 0. The first-order valence-corrected chi connectivity index (χ1v) is 28.3. The number of benzene rings is 5. The number of nitrogens with one attached hydrogen (secondary N) is 7. The SMILES string of the molecule is CC(C)[C@@H]1NC(=O)[C@H](CCCCN)NC(=O)[C@@H](Cc2ccc3ccccc3c2)NC(=O)[C@H](Cc2ccc(O)cc2)NC(=O)[C@@H](NC(=O)[C@H](N)Cc2ccc3ccccc3c2)CSSC[C@@H](C(=O)N[C@H](C(N)=O)C(C)O)NC1=O. The number of aliphatic hydroxyl groups excluding tert-OH is 1. The van der Waals surface area contributed by atoms with Gasteiger partial charge in [0.15, 0.2) is 0 Å². The normalized spacial score (nSPS) is 21.4. The molecule has 0 spiro atoms. The first-order valence-electron chi connectivity index (χ1n) is 25.8. The molecule has 6 rings (SSSR count). The molecule has 0 aliphatic carbocycles. The molecule has 15 N–H and O–H groups in total. The number of fused-ring (bicyclic) bond motifs is 2. The van der Waals surface area contributed by atoms with Crippen molar-refractivity contribution in [2.45, 2.75) is 114 Å². The maximum absolute atomic E-state index is 14.9. The summed E-state index contributed by atoms with van der Waals surface area (Å²) >= 11 is 0. The largest absolute Gasteiger partial charge is 0.508 e. The van der Waals surface area contributed by atoms with Crippen LogP contribution in [0.2, 0.25) is 0 Å². The van der Waals surface area contributed by atoms with Crippen LogP contribution in [0.1, 0.15) is 56.7 Å². The van der Waals surface area contributed by atoms with Gasteiger partial charge >= 0.3 is 0 Å². The summed E-state index contributed by atoms with van der Waals surface area (Å²) in [5.41, 5.74) is 19.8. The van der Waals surface area contributed by atoms with Crippen LogP contribution in [0.15, 0.2) is 109 Å². The number of hydrogen-bond donors (Lipinski definition) is 12. The Morgan fingerprint density at radius 1 is 0.641 bits per heavy atom. The zero-order valence-corrected chi connectivity index (χ0v) is 45.4. The Labute approximate surface area is 460 Å². The van der Waals surface area contributed by atoms with E-state index in [1.807, 2.05) is 84.9 Å². The van der Waals surface area contributed by atoms with Gasteiger partial charge in [-0.15, -0.1) is 0 Å². The fraction of sp³-hybridized carbons (Fsp3) is 0.393. The zero-order valence-electron chi connectivity index (χ0n) is 43.7. The molecular formula is C56H70N10O10S2. The van der Waals surface area contributed by atoms with Crippen molar-refractivity contribution in [2.24, 2.45) is 23.1 Å². The number of primary amides is 1. The van der Waals surface area contributed by atoms with Gasteiger partial charge in [0.1, 0.15) is 48.0 Å². The van der Waals surface area contributed by atoms with Crippen molar-refractivity contribution in [1.82, 2.24) is 37.2 Å². The summed E-state index contributed by atoms with van der Waals surface area (Å²) in [6.45, 7) is 4.86. The standard InChI is InChI=1S/C56H70N10O10S2/c1-31(2)47-56(76)64-46(55(75)66-48(32(3)67)49(59)69)30-78-77-29-45(63-50(70)41(58)26-34-15-19-36-10-4-6-12-38(36)24-34)54(74)62-43(27-33-17-21-40(68)22-18-33)53(73)61-44(28-35-16-20-37-11-5-7-13-39(37)25-35)52(72)60-42(51(71)65-47)14-8-9-23-57/h4-7,10-13,15-22,24-25,31-32,41-48,67-68H,8-9,14,23,26-30,57-58H2,1-3H3,(H2,59,69)(H,60,72)(H,61,73)(H,62,74)(H,63,70)(H,64,76)(H,65,71)(H,66,75)/t32?,41-,42+,43+,44-,45+,46+,47+,48+/m1/s1. The molecule has 22 heteroatoms. The second-order valence-corrected chi connectivity index (χ2v) is 22.3. The van der Waals surface area contributed by atoms with Gasteiger partial charge in [0.2, 0.25) is 47.3 Å². The monoisotopic (exact) mass is 1110 g/mol. The minimum atomic E-state index is -1.55. The number of hydrogen-bond acceptors (Lipinski definition) is 14. The van der Waals surface area contributed by atoms with Gasteiger partial charge in [-0.3, -0.25) is 38.4 Å². The smallest absolute Gasteiger partial charge is 0.244 e. The lowest BCUT2D eigenvalue weighted by Crippen LogP contribution is -2.62. The second-order valence-electron chi connectivity index (χ2n) is 19.8. The third kappa shape index (κ3) is 17.4. The molecule has 0 bridgehead atoms. The van der Waals surface area contributed by atoms with Crippen LogP contribution in [0.5, 0.6) is 5.75 Å².